The first-order chi connectivity index (χ1) is 5.54. The lowest BCUT2D eigenvalue weighted by atomic mass is 10.2. The van der Waals surface area contributed by atoms with Crippen molar-refractivity contribution in [1.29, 1.82) is 0 Å². The molecule has 0 N–H and O–H groups in total. The zero-order valence-corrected chi connectivity index (χ0v) is 6.00. The SMILES string of the molecule is O=CC1OCCC(C(F)(F)F)O1. The molecule has 1 rings (SSSR count). The summed E-state index contributed by atoms with van der Waals surface area (Å²) in [6.45, 7) is -0.104. The minimum absolute atomic E-state index is 0.104. The number of ether oxygens (including phenoxy) is 2. The molecule has 2 unspecified atom stereocenters. The van der Waals surface area contributed by atoms with Crippen LogP contribution in [0.5, 0.6) is 0 Å². The predicted molar refractivity (Wildman–Crippen MR) is 31.3 cm³/mol. The Morgan fingerprint density at radius 1 is 1.42 bits per heavy atom. The molecule has 1 aliphatic heterocycles. The van der Waals surface area contributed by atoms with Crippen molar-refractivity contribution in [2.45, 2.75) is 25.0 Å². The molecule has 12 heavy (non-hydrogen) atoms. The second-order valence-corrected chi connectivity index (χ2v) is 2.33. The average molecular weight is 184 g/mol. The third kappa shape index (κ3) is 2.18. The monoisotopic (exact) mass is 184 g/mol. The lowest BCUT2D eigenvalue weighted by Gasteiger charge is -2.28. The first kappa shape index (κ1) is 9.47. The van der Waals surface area contributed by atoms with E-state index in [1.807, 2.05) is 0 Å². The Morgan fingerprint density at radius 3 is 2.58 bits per heavy atom. The Morgan fingerprint density at radius 2 is 2.08 bits per heavy atom. The van der Waals surface area contributed by atoms with Gasteiger partial charge in [-0.2, -0.15) is 13.2 Å². The summed E-state index contributed by atoms with van der Waals surface area (Å²) in [5, 5.41) is 0. The van der Waals surface area contributed by atoms with Crippen LogP contribution in [0.15, 0.2) is 0 Å². The third-order valence-corrected chi connectivity index (χ3v) is 1.44. The molecule has 0 aromatic carbocycles. The number of hydrogen-bond acceptors (Lipinski definition) is 3. The second-order valence-electron chi connectivity index (χ2n) is 2.33. The number of hydrogen-bond donors (Lipinski definition) is 0. The van der Waals surface area contributed by atoms with Crippen molar-refractivity contribution < 1.29 is 27.4 Å². The van der Waals surface area contributed by atoms with Gasteiger partial charge in [0.2, 0.25) is 6.29 Å². The van der Waals surface area contributed by atoms with E-state index in [9.17, 15) is 18.0 Å². The molecule has 0 saturated carbocycles. The van der Waals surface area contributed by atoms with Crippen LogP contribution in [0.3, 0.4) is 0 Å². The van der Waals surface area contributed by atoms with E-state index >= 15 is 0 Å². The quantitative estimate of drug-likeness (QED) is 0.567. The molecule has 0 spiro atoms. The summed E-state index contributed by atoms with van der Waals surface area (Å²) in [5.41, 5.74) is 0. The van der Waals surface area contributed by atoms with Crippen molar-refractivity contribution in [2.75, 3.05) is 6.61 Å². The van der Waals surface area contributed by atoms with Gasteiger partial charge in [0.1, 0.15) is 0 Å². The standard InChI is InChI=1S/C6H7F3O3/c7-6(8,9)4-1-2-11-5(3-10)12-4/h3-5H,1-2H2. The summed E-state index contributed by atoms with van der Waals surface area (Å²) in [6.07, 6.45) is -7.71. The van der Waals surface area contributed by atoms with E-state index < -0.39 is 18.6 Å². The van der Waals surface area contributed by atoms with Gasteiger partial charge in [-0.05, 0) is 0 Å². The van der Waals surface area contributed by atoms with Gasteiger partial charge in [0.15, 0.2) is 12.4 Å². The van der Waals surface area contributed by atoms with Crippen LogP contribution in [0.2, 0.25) is 0 Å². The molecule has 70 valence electrons. The highest BCUT2D eigenvalue weighted by Crippen LogP contribution is 2.28. The molecule has 2 atom stereocenters. The number of alkyl halides is 3. The van der Waals surface area contributed by atoms with Crippen LogP contribution >= 0.6 is 0 Å². The van der Waals surface area contributed by atoms with Crippen molar-refractivity contribution >= 4 is 6.29 Å². The number of halogens is 3. The maximum absolute atomic E-state index is 12.0. The fraction of sp³-hybridized carbons (Fsp3) is 0.833. The molecular weight excluding hydrogens is 177 g/mol. The average Bonchev–Trinajstić information content (AvgIpc) is 2.03. The van der Waals surface area contributed by atoms with Crippen LogP contribution in [0.25, 0.3) is 0 Å². The second kappa shape index (κ2) is 3.40. The fourth-order valence-electron chi connectivity index (χ4n) is 0.873. The van der Waals surface area contributed by atoms with Gasteiger partial charge in [-0.3, -0.25) is 4.79 Å². The molecule has 1 saturated heterocycles. The molecule has 3 nitrogen and oxygen atoms in total. The van der Waals surface area contributed by atoms with Crippen molar-refractivity contribution in [3.05, 3.63) is 0 Å². The molecule has 1 fully saturated rings. The van der Waals surface area contributed by atoms with Gasteiger partial charge < -0.3 is 9.47 Å². The molecule has 0 aromatic heterocycles. The molecule has 0 aliphatic carbocycles. The van der Waals surface area contributed by atoms with Crippen LogP contribution in [-0.2, 0) is 14.3 Å². The van der Waals surface area contributed by atoms with Crippen LogP contribution in [0.1, 0.15) is 6.42 Å². The van der Waals surface area contributed by atoms with E-state index in [-0.39, 0.29) is 19.3 Å². The Bertz CT molecular complexity index is 168. The molecule has 0 amide bonds. The maximum atomic E-state index is 12.0. The van der Waals surface area contributed by atoms with Gasteiger partial charge >= 0.3 is 6.18 Å². The molecule has 0 bridgehead atoms. The smallest absolute Gasteiger partial charge is 0.346 e. The van der Waals surface area contributed by atoms with Crippen molar-refractivity contribution in [3.63, 3.8) is 0 Å². The Hall–Kier alpha value is -0.620. The Kier molecular flexibility index (Phi) is 2.69. The Balaban J connectivity index is 2.51. The molecule has 1 aliphatic rings. The van der Waals surface area contributed by atoms with Gasteiger partial charge in [0.25, 0.3) is 0 Å². The zero-order valence-electron chi connectivity index (χ0n) is 6.00. The molecule has 0 aromatic rings. The summed E-state index contributed by atoms with van der Waals surface area (Å²) < 4.78 is 44.7. The largest absolute Gasteiger partial charge is 0.414 e. The van der Waals surface area contributed by atoms with Gasteiger partial charge in [-0.1, -0.05) is 0 Å². The highest BCUT2D eigenvalue weighted by Gasteiger charge is 2.43. The normalized spacial score (nSPS) is 31.6. The molecule has 1 heterocycles. The predicted octanol–water partition coefficient (Wildman–Crippen LogP) is 0.879. The first-order valence-electron chi connectivity index (χ1n) is 3.33. The number of rotatable bonds is 1. The summed E-state index contributed by atoms with van der Waals surface area (Å²) >= 11 is 0. The summed E-state index contributed by atoms with van der Waals surface area (Å²) in [6, 6.07) is 0. The lowest BCUT2D eigenvalue weighted by molar-refractivity contribution is -0.289. The zero-order chi connectivity index (χ0) is 9.19. The van der Waals surface area contributed by atoms with Crippen molar-refractivity contribution in [2.24, 2.45) is 0 Å². The number of carbonyl (C=O) groups is 1. The topological polar surface area (TPSA) is 35.5 Å². The van der Waals surface area contributed by atoms with E-state index in [2.05, 4.69) is 9.47 Å². The van der Waals surface area contributed by atoms with E-state index in [1.54, 1.807) is 0 Å². The first-order valence-corrected chi connectivity index (χ1v) is 3.33. The van der Waals surface area contributed by atoms with Crippen molar-refractivity contribution in [3.8, 4) is 0 Å². The third-order valence-electron chi connectivity index (χ3n) is 1.44. The van der Waals surface area contributed by atoms with E-state index in [0.717, 1.165) is 0 Å². The fourth-order valence-corrected chi connectivity index (χ4v) is 0.873. The summed E-state index contributed by atoms with van der Waals surface area (Å²) in [4.78, 5) is 10.0. The maximum Gasteiger partial charge on any atom is 0.414 e. The molecule has 6 heteroatoms. The van der Waals surface area contributed by atoms with Gasteiger partial charge in [0, 0.05) is 6.42 Å². The number of carbonyl (C=O) groups excluding carboxylic acids is 1. The van der Waals surface area contributed by atoms with E-state index in [0.29, 0.717) is 0 Å². The highest BCUT2D eigenvalue weighted by atomic mass is 19.4. The van der Waals surface area contributed by atoms with Crippen LogP contribution in [-0.4, -0.2) is 31.5 Å². The van der Waals surface area contributed by atoms with Crippen LogP contribution in [0, 0.1) is 0 Å². The highest BCUT2D eigenvalue weighted by molar-refractivity contribution is 5.53. The van der Waals surface area contributed by atoms with Gasteiger partial charge in [-0.15, -0.1) is 0 Å². The van der Waals surface area contributed by atoms with Crippen LogP contribution in [0.4, 0.5) is 13.2 Å². The molecule has 0 radical (unpaired) electrons. The van der Waals surface area contributed by atoms with E-state index in [1.165, 1.54) is 0 Å². The Labute approximate surface area is 66.4 Å². The van der Waals surface area contributed by atoms with Gasteiger partial charge in [-0.25, -0.2) is 0 Å². The summed E-state index contributed by atoms with van der Waals surface area (Å²) in [5.74, 6) is 0. The van der Waals surface area contributed by atoms with Gasteiger partial charge in [0.05, 0.1) is 6.61 Å². The lowest BCUT2D eigenvalue weighted by Crippen LogP contribution is -2.42. The minimum atomic E-state index is -4.41. The van der Waals surface area contributed by atoms with Crippen molar-refractivity contribution in [1.82, 2.24) is 0 Å². The summed E-state index contributed by atoms with van der Waals surface area (Å²) in [7, 11) is 0. The number of aldehydes is 1. The van der Waals surface area contributed by atoms with Crippen LogP contribution < -0.4 is 0 Å². The molecular formula is C6H7F3O3. The minimum Gasteiger partial charge on any atom is -0.346 e. The van der Waals surface area contributed by atoms with E-state index in [4.69, 9.17) is 0 Å².